The molecule has 0 bridgehead atoms. The van der Waals surface area contributed by atoms with Crippen molar-refractivity contribution in [3.05, 3.63) is 35.9 Å². The summed E-state index contributed by atoms with van der Waals surface area (Å²) in [6, 6.07) is 5.04. The molecule has 8 nitrogen and oxygen atoms in total. The van der Waals surface area contributed by atoms with Crippen LogP contribution in [0.5, 0.6) is 23.0 Å². The van der Waals surface area contributed by atoms with E-state index in [4.69, 9.17) is 18.9 Å². The molecule has 2 aromatic carbocycles. The van der Waals surface area contributed by atoms with E-state index in [2.05, 4.69) is 5.32 Å². The summed E-state index contributed by atoms with van der Waals surface area (Å²) >= 11 is 0. The number of carbonyl (C=O) groups excluding carboxylic acids is 1. The molecule has 0 aliphatic heterocycles. The highest BCUT2D eigenvalue weighted by atomic mass is 32.2. The number of carbonyl (C=O) groups is 1. The Morgan fingerprint density at radius 3 is 1.83 bits per heavy atom. The van der Waals surface area contributed by atoms with Gasteiger partial charge < -0.3 is 24.3 Å². The third kappa shape index (κ3) is 4.37. The summed E-state index contributed by atoms with van der Waals surface area (Å²) < 4.78 is 82.4. The van der Waals surface area contributed by atoms with Gasteiger partial charge in [-0.05, 0) is 30.3 Å². The summed E-state index contributed by atoms with van der Waals surface area (Å²) in [5.41, 5.74) is -5.77. The molecule has 12 heteroatoms. The van der Waals surface area contributed by atoms with E-state index < -0.39 is 26.1 Å². The fraction of sp³-hybridized carbons (Fsp3) is 0.278. The van der Waals surface area contributed by atoms with Crippen LogP contribution in [0.3, 0.4) is 0 Å². The van der Waals surface area contributed by atoms with Gasteiger partial charge in [-0.1, -0.05) is 0 Å². The number of halogens is 3. The monoisotopic (exact) mass is 449 g/mol. The lowest BCUT2D eigenvalue weighted by molar-refractivity contribution is -0.0436. The minimum Gasteiger partial charge on any atom is -0.495 e. The number of sulfone groups is 1. The van der Waals surface area contributed by atoms with Crippen molar-refractivity contribution in [3.8, 4) is 23.0 Å². The lowest BCUT2D eigenvalue weighted by Crippen LogP contribution is -2.23. The summed E-state index contributed by atoms with van der Waals surface area (Å²) in [5, 5.41) is 2.33. The number of hydrogen-bond acceptors (Lipinski definition) is 7. The van der Waals surface area contributed by atoms with Crippen molar-refractivity contribution in [2.75, 3.05) is 33.8 Å². The third-order valence-electron chi connectivity index (χ3n) is 3.96. The molecule has 0 spiro atoms. The number of amides is 1. The maximum Gasteiger partial charge on any atom is 0.501 e. The molecule has 0 aliphatic carbocycles. The Labute approximate surface area is 170 Å². The molecule has 2 aromatic rings. The van der Waals surface area contributed by atoms with Gasteiger partial charge in [0.1, 0.15) is 5.75 Å². The molecule has 0 saturated carbocycles. The van der Waals surface area contributed by atoms with Gasteiger partial charge in [0, 0.05) is 5.56 Å². The lowest BCUT2D eigenvalue weighted by Gasteiger charge is -2.16. The van der Waals surface area contributed by atoms with Crippen molar-refractivity contribution in [2.24, 2.45) is 0 Å². The van der Waals surface area contributed by atoms with E-state index in [1.54, 1.807) is 0 Å². The number of nitrogens with one attached hydrogen (secondary N) is 1. The van der Waals surface area contributed by atoms with Crippen molar-refractivity contribution in [1.29, 1.82) is 0 Å². The third-order valence-corrected chi connectivity index (χ3v) is 5.45. The molecular weight excluding hydrogens is 431 g/mol. The predicted octanol–water partition coefficient (Wildman–Crippen LogP) is 3.27. The minimum absolute atomic E-state index is 0.00985. The molecule has 0 aliphatic rings. The zero-order chi connectivity index (χ0) is 22.7. The number of anilines is 1. The van der Waals surface area contributed by atoms with Crippen LogP contribution in [0.25, 0.3) is 0 Å². The largest absolute Gasteiger partial charge is 0.501 e. The first-order chi connectivity index (χ1) is 14.0. The maximum atomic E-state index is 12.9. The summed E-state index contributed by atoms with van der Waals surface area (Å²) in [7, 11) is -0.353. The zero-order valence-electron chi connectivity index (χ0n) is 16.3. The molecule has 0 fully saturated rings. The molecular formula is C18H18F3NO7S. The number of alkyl halides is 3. The van der Waals surface area contributed by atoms with Crippen LogP contribution in [-0.2, 0) is 9.84 Å². The van der Waals surface area contributed by atoms with Gasteiger partial charge in [0.15, 0.2) is 11.5 Å². The number of benzene rings is 2. The molecule has 1 N–H and O–H groups in total. The Balaban J connectivity index is 2.50. The molecule has 0 atom stereocenters. The van der Waals surface area contributed by atoms with Crippen LogP contribution in [-0.4, -0.2) is 48.3 Å². The van der Waals surface area contributed by atoms with Crippen molar-refractivity contribution < 1.29 is 45.3 Å². The Hall–Kier alpha value is -3.15. The number of rotatable bonds is 7. The first-order valence-corrected chi connectivity index (χ1v) is 9.59. The minimum atomic E-state index is -5.62. The predicted molar refractivity (Wildman–Crippen MR) is 100 cm³/mol. The number of hydrogen-bond donors (Lipinski definition) is 1. The molecule has 0 aromatic heterocycles. The van der Waals surface area contributed by atoms with E-state index in [-0.39, 0.29) is 34.2 Å². The van der Waals surface area contributed by atoms with Crippen molar-refractivity contribution >= 4 is 21.4 Å². The molecule has 0 unspecified atom stereocenters. The second-order valence-electron chi connectivity index (χ2n) is 5.68. The average molecular weight is 449 g/mol. The van der Waals surface area contributed by atoms with Crippen LogP contribution in [0, 0.1) is 0 Å². The van der Waals surface area contributed by atoms with Crippen molar-refractivity contribution in [1.82, 2.24) is 0 Å². The standard InChI is InChI=1S/C18H18F3NO7S/c1-26-13-6-5-11(30(24,25)18(19,20)21)9-12(13)22-17(23)10-7-14(27-2)16(29-4)15(8-10)28-3/h5-9H,1-4H3,(H,22,23). The van der Waals surface area contributed by atoms with E-state index in [1.165, 1.54) is 40.6 Å². The van der Waals surface area contributed by atoms with E-state index in [1.807, 2.05) is 0 Å². The van der Waals surface area contributed by atoms with E-state index in [0.29, 0.717) is 6.07 Å². The first kappa shape index (κ1) is 23.1. The van der Waals surface area contributed by atoms with Gasteiger partial charge in [-0.25, -0.2) is 8.42 Å². The lowest BCUT2D eigenvalue weighted by atomic mass is 10.1. The van der Waals surface area contributed by atoms with Gasteiger partial charge in [-0.2, -0.15) is 13.2 Å². The fourth-order valence-electron chi connectivity index (χ4n) is 2.49. The fourth-order valence-corrected chi connectivity index (χ4v) is 3.28. The highest BCUT2D eigenvalue weighted by Crippen LogP contribution is 2.39. The van der Waals surface area contributed by atoms with Gasteiger partial charge in [-0.15, -0.1) is 0 Å². The first-order valence-electron chi connectivity index (χ1n) is 8.10. The molecule has 164 valence electrons. The average Bonchev–Trinajstić information content (AvgIpc) is 2.71. The Kier molecular flexibility index (Phi) is 6.70. The van der Waals surface area contributed by atoms with Gasteiger partial charge in [-0.3, -0.25) is 4.79 Å². The molecule has 0 radical (unpaired) electrons. The van der Waals surface area contributed by atoms with Crippen LogP contribution in [0.4, 0.5) is 18.9 Å². The van der Waals surface area contributed by atoms with Crippen molar-refractivity contribution in [3.63, 3.8) is 0 Å². The maximum absolute atomic E-state index is 12.9. The molecule has 0 saturated heterocycles. The Bertz CT molecular complexity index is 1030. The topological polar surface area (TPSA) is 100 Å². The van der Waals surface area contributed by atoms with Gasteiger partial charge in [0.25, 0.3) is 15.7 Å². The normalized spacial score (nSPS) is 11.6. The van der Waals surface area contributed by atoms with Crippen LogP contribution < -0.4 is 24.3 Å². The van der Waals surface area contributed by atoms with Crippen LogP contribution in [0.2, 0.25) is 0 Å². The molecule has 2 rings (SSSR count). The SMILES string of the molecule is COc1ccc(S(=O)(=O)C(F)(F)F)cc1NC(=O)c1cc(OC)c(OC)c(OC)c1. The Morgan fingerprint density at radius 2 is 1.40 bits per heavy atom. The smallest absolute Gasteiger partial charge is 0.495 e. The number of ether oxygens (including phenoxy) is 4. The highest BCUT2D eigenvalue weighted by Gasteiger charge is 2.47. The summed E-state index contributed by atoms with van der Waals surface area (Å²) in [6.45, 7) is 0. The van der Waals surface area contributed by atoms with Crippen LogP contribution in [0.1, 0.15) is 10.4 Å². The summed E-state index contributed by atoms with van der Waals surface area (Å²) in [6.07, 6.45) is 0. The zero-order valence-corrected chi connectivity index (χ0v) is 17.1. The summed E-state index contributed by atoms with van der Waals surface area (Å²) in [5.74, 6) is -0.261. The van der Waals surface area contributed by atoms with Gasteiger partial charge in [0.05, 0.1) is 39.0 Å². The quantitative estimate of drug-likeness (QED) is 0.693. The molecule has 1 amide bonds. The van der Waals surface area contributed by atoms with E-state index in [0.717, 1.165) is 12.1 Å². The van der Waals surface area contributed by atoms with E-state index in [9.17, 15) is 26.4 Å². The summed E-state index contributed by atoms with van der Waals surface area (Å²) in [4.78, 5) is 11.6. The van der Waals surface area contributed by atoms with E-state index >= 15 is 0 Å². The second kappa shape index (κ2) is 8.69. The van der Waals surface area contributed by atoms with Crippen LogP contribution in [0.15, 0.2) is 35.2 Å². The van der Waals surface area contributed by atoms with Gasteiger partial charge >= 0.3 is 5.51 Å². The van der Waals surface area contributed by atoms with Crippen LogP contribution >= 0.6 is 0 Å². The molecule has 30 heavy (non-hydrogen) atoms. The highest BCUT2D eigenvalue weighted by molar-refractivity contribution is 7.92. The second-order valence-corrected chi connectivity index (χ2v) is 7.62. The van der Waals surface area contributed by atoms with Gasteiger partial charge in [0.2, 0.25) is 5.75 Å². The Morgan fingerprint density at radius 1 is 0.867 bits per heavy atom. The van der Waals surface area contributed by atoms with Crippen molar-refractivity contribution in [2.45, 2.75) is 10.4 Å². The number of methoxy groups -OCH3 is 4. The molecule has 0 heterocycles.